The number of hydrogen-bond donors (Lipinski definition) is 2. The quantitative estimate of drug-likeness (QED) is 0.657. The number of imide groups is 1. The number of aryl methyl sites for hydroxylation is 1. The Morgan fingerprint density at radius 2 is 1.91 bits per heavy atom. The van der Waals surface area contributed by atoms with Crippen molar-refractivity contribution in [3.05, 3.63) is 59.7 Å². The minimum absolute atomic E-state index is 0.0165. The molecular formula is C21H21ClN4O5S. The normalized spacial score (nSPS) is 18.2. The van der Waals surface area contributed by atoms with Crippen LogP contribution in [0.2, 0.25) is 0 Å². The molecule has 1 saturated heterocycles. The molecule has 0 spiro atoms. The zero-order valence-corrected chi connectivity index (χ0v) is 18.5. The number of alkyl halides is 1. The second-order valence-electron chi connectivity index (χ2n) is 7.48. The summed E-state index contributed by atoms with van der Waals surface area (Å²) in [7, 11) is -4.09. The van der Waals surface area contributed by atoms with Gasteiger partial charge in [0.05, 0.1) is 17.5 Å². The van der Waals surface area contributed by atoms with Crippen molar-refractivity contribution in [2.24, 2.45) is 0 Å². The highest BCUT2D eigenvalue weighted by Gasteiger charge is 2.39. The second-order valence-corrected chi connectivity index (χ2v) is 9.61. The van der Waals surface area contributed by atoms with Gasteiger partial charge in [-0.05, 0) is 42.2 Å². The van der Waals surface area contributed by atoms with Crippen molar-refractivity contribution in [1.29, 1.82) is 0 Å². The lowest BCUT2D eigenvalue weighted by molar-refractivity contribution is -0.117. The SMILES string of the molecule is O=C(CCl)NC(=O)N1CCCc2cc(S(=O)(=O)N3CC(c4ccccc4)NC3=O)ccc21. The fourth-order valence-corrected chi connectivity index (χ4v) is 5.36. The highest BCUT2D eigenvalue weighted by atomic mass is 35.5. The van der Waals surface area contributed by atoms with E-state index in [4.69, 9.17) is 11.6 Å². The molecule has 0 aromatic heterocycles. The Bertz CT molecular complexity index is 1170. The Balaban J connectivity index is 1.58. The number of carbonyl (C=O) groups is 3. The van der Waals surface area contributed by atoms with E-state index in [-0.39, 0.29) is 17.3 Å². The van der Waals surface area contributed by atoms with Gasteiger partial charge in [-0.3, -0.25) is 15.0 Å². The van der Waals surface area contributed by atoms with Gasteiger partial charge in [-0.2, -0.15) is 0 Å². The monoisotopic (exact) mass is 476 g/mol. The van der Waals surface area contributed by atoms with Gasteiger partial charge in [0.25, 0.3) is 10.0 Å². The molecule has 5 amide bonds. The molecule has 0 aliphatic carbocycles. The molecule has 32 heavy (non-hydrogen) atoms. The van der Waals surface area contributed by atoms with Crippen molar-refractivity contribution < 1.29 is 22.8 Å². The molecule has 2 aliphatic rings. The fourth-order valence-electron chi connectivity index (χ4n) is 3.89. The van der Waals surface area contributed by atoms with E-state index in [0.29, 0.717) is 30.6 Å². The smallest absolute Gasteiger partial charge is 0.328 e. The summed E-state index contributed by atoms with van der Waals surface area (Å²) in [6.07, 6.45) is 1.16. The first-order chi connectivity index (χ1) is 15.3. The Hall–Kier alpha value is -3.11. The maximum absolute atomic E-state index is 13.2. The van der Waals surface area contributed by atoms with Crippen molar-refractivity contribution in [2.45, 2.75) is 23.8 Å². The third-order valence-corrected chi connectivity index (χ3v) is 7.43. The predicted molar refractivity (Wildman–Crippen MR) is 118 cm³/mol. The summed E-state index contributed by atoms with van der Waals surface area (Å²) >= 11 is 5.44. The number of nitrogens with zero attached hydrogens (tertiary/aromatic N) is 2. The number of amides is 5. The Morgan fingerprint density at radius 1 is 1.16 bits per heavy atom. The second kappa shape index (κ2) is 8.79. The maximum Gasteiger partial charge on any atom is 0.331 e. The molecule has 1 atom stereocenters. The summed E-state index contributed by atoms with van der Waals surface area (Å²) < 4.78 is 27.3. The Kier molecular flexibility index (Phi) is 6.07. The number of carbonyl (C=O) groups excluding carboxylic acids is 3. The van der Waals surface area contributed by atoms with Crippen LogP contribution in [0.5, 0.6) is 0 Å². The van der Waals surface area contributed by atoms with Crippen LogP contribution in [0.1, 0.15) is 23.6 Å². The third kappa shape index (κ3) is 4.15. The van der Waals surface area contributed by atoms with Gasteiger partial charge in [-0.15, -0.1) is 11.6 Å². The topological polar surface area (TPSA) is 116 Å². The average Bonchev–Trinajstić information content (AvgIpc) is 3.21. The van der Waals surface area contributed by atoms with Crippen LogP contribution in [0.3, 0.4) is 0 Å². The van der Waals surface area contributed by atoms with Crippen LogP contribution in [0, 0.1) is 0 Å². The summed E-state index contributed by atoms with van der Waals surface area (Å²) in [4.78, 5) is 37.7. The number of fused-ring (bicyclic) bond motifs is 1. The largest absolute Gasteiger partial charge is 0.331 e. The minimum atomic E-state index is -4.09. The molecule has 4 rings (SSSR count). The number of rotatable bonds is 4. The molecule has 2 aromatic rings. The lowest BCUT2D eigenvalue weighted by Crippen LogP contribution is -2.45. The lowest BCUT2D eigenvalue weighted by Gasteiger charge is -2.29. The zero-order valence-electron chi connectivity index (χ0n) is 17.0. The van der Waals surface area contributed by atoms with Gasteiger partial charge < -0.3 is 5.32 Å². The van der Waals surface area contributed by atoms with Crippen LogP contribution in [-0.2, 0) is 21.2 Å². The molecule has 168 valence electrons. The summed E-state index contributed by atoms with van der Waals surface area (Å²) in [5.41, 5.74) is 1.98. The van der Waals surface area contributed by atoms with E-state index in [2.05, 4.69) is 10.6 Å². The molecule has 0 bridgehead atoms. The van der Waals surface area contributed by atoms with E-state index in [0.717, 1.165) is 9.87 Å². The Morgan fingerprint density at radius 3 is 2.62 bits per heavy atom. The average molecular weight is 477 g/mol. The van der Waals surface area contributed by atoms with E-state index in [9.17, 15) is 22.8 Å². The molecule has 2 aromatic carbocycles. The number of halogens is 1. The molecule has 1 unspecified atom stereocenters. The molecule has 0 saturated carbocycles. The Labute approximate surface area is 190 Å². The van der Waals surface area contributed by atoms with E-state index in [1.54, 1.807) is 0 Å². The summed E-state index contributed by atoms with van der Waals surface area (Å²) in [5.74, 6) is -0.957. The van der Waals surface area contributed by atoms with Gasteiger partial charge in [0, 0.05) is 12.2 Å². The first-order valence-corrected chi connectivity index (χ1v) is 12.0. The number of benzene rings is 2. The number of hydrogen-bond acceptors (Lipinski definition) is 5. The van der Waals surface area contributed by atoms with Gasteiger partial charge in [-0.1, -0.05) is 30.3 Å². The van der Waals surface area contributed by atoms with Crippen molar-refractivity contribution in [1.82, 2.24) is 14.9 Å². The number of urea groups is 2. The van der Waals surface area contributed by atoms with Crippen LogP contribution >= 0.6 is 11.6 Å². The maximum atomic E-state index is 13.2. The summed E-state index contributed by atoms with van der Waals surface area (Å²) in [5, 5.41) is 4.90. The first-order valence-electron chi connectivity index (χ1n) is 9.99. The van der Waals surface area contributed by atoms with Crippen LogP contribution in [0.25, 0.3) is 0 Å². The molecule has 2 aliphatic heterocycles. The van der Waals surface area contributed by atoms with E-state index in [1.165, 1.54) is 23.1 Å². The molecular weight excluding hydrogens is 456 g/mol. The molecule has 2 N–H and O–H groups in total. The molecule has 11 heteroatoms. The highest BCUT2D eigenvalue weighted by molar-refractivity contribution is 7.89. The third-order valence-electron chi connectivity index (χ3n) is 5.45. The first kappa shape index (κ1) is 22.1. The number of sulfonamides is 1. The van der Waals surface area contributed by atoms with Crippen molar-refractivity contribution in [2.75, 3.05) is 23.9 Å². The van der Waals surface area contributed by atoms with E-state index in [1.807, 2.05) is 30.3 Å². The van der Waals surface area contributed by atoms with Crippen LogP contribution in [0.15, 0.2) is 53.4 Å². The van der Waals surface area contributed by atoms with Crippen LogP contribution in [-0.4, -0.2) is 49.7 Å². The zero-order chi connectivity index (χ0) is 22.9. The summed E-state index contributed by atoms with van der Waals surface area (Å²) in [6, 6.07) is 11.8. The van der Waals surface area contributed by atoms with Gasteiger partial charge in [0.15, 0.2) is 0 Å². The van der Waals surface area contributed by atoms with Gasteiger partial charge in [0.1, 0.15) is 5.88 Å². The van der Waals surface area contributed by atoms with E-state index >= 15 is 0 Å². The van der Waals surface area contributed by atoms with E-state index < -0.39 is 34.0 Å². The summed E-state index contributed by atoms with van der Waals surface area (Å²) in [6.45, 7) is 0.366. The van der Waals surface area contributed by atoms with Crippen molar-refractivity contribution in [3.8, 4) is 0 Å². The molecule has 1 fully saturated rings. The standard InChI is InChI=1S/C21H21ClN4O5S/c22-12-19(27)24-20(28)25-10-4-7-15-11-16(8-9-18(15)25)32(30,31)26-13-17(23-21(26)29)14-5-2-1-3-6-14/h1-3,5-6,8-9,11,17H,4,7,10,12-13H2,(H,23,29)(H,24,27,28). The van der Waals surface area contributed by atoms with Gasteiger partial charge in [0.2, 0.25) is 5.91 Å². The predicted octanol–water partition coefficient (Wildman–Crippen LogP) is 2.37. The molecule has 0 radical (unpaired) electrons. The number of anilines is 1. The minimum Gasteiger partial charge on any atom is -0.328 e. The van der Waals surface area contributed by atoms with Gasteiger partial charge in [-0.25, -0.2) is 22.3 Å². The molecule has 2 heterocycles. The number of nitrogens with one attached hydrogen (secondary N) is 2. The molecule has 9 nitrogen and oxygen atoms in total. The lowest BCUT2D eigenvalue weighted by atomic mass is 10.0. The fraction of sp³-hybridized carbons (Fsp3) is 0.286. The van der Waals surface area contributed by atoms with Crippen LogP contribution < -0.4 is 15.5 Å². The van der Waals surface area contributed by atoms with Crippen molar-refractivity contribution >= 4 is 45.3 Å². The van der Waals surface area contributed by atoms with Crippen LogP contribution in [0.4, 0.5) is 15.3 Å². The highest BCUT2D eigenvalue weighted by Crippen LogP contribution is 2.32. The van der Waals surface area contributed by atoms with Crippen molar-refractivity contribution in [3.63, 3.8) is 0 Å². The van der Waals surface area contributed by atoms with Gasteiger partial charge >= 0.3 is 12.1 Å².